The van der Waals surface area contributed by atoms with Gasteiger partial charge >= 0.3 is 5.69 Å². The van der Waals surface area contributed by atoms with Gasteiger partial charge in [-0.25, -0.2) is 9.48 Å². The van der Waals surface area contributed by atoms with Crippen LogP contribution in [0, 0.1) is 0 Å². The molecule has 72 valence electrons. The molecule has 0 amide bonds. The minimum Gasteiger partial charge on any atom is -0.372 e. The molecule has 5 nitrogen and oxygen atoms in total. The summed E-state index contributed by atoms with van der Waals surface area (Å²) in [4.78, 5) is 11.7. The maximum absolute atomic E-state index is 11.7. The van der Waals surface area contributed by atoms with Crippen molar-refractivity contribution in [2.45, 2.75) is 33.0 Å². The van der Waals surface area contributed by atoms with E-state index in [4.69, 9.17) is 4.74 Å². The van der Waals surface area contributed by atoms with Crippen LogP contribution in [-0.4, -0.2) is 21.0 Å². The van der Waals surface area contributed by atoms with Gasteiger partial charge in [-0.1, -0.05) is 0 Å². The van der Waals surface area contributed by atoms with Crippen molar-refractivity contribution in [3.05, 3.63) is 16.3 Å². The monoisotopic (exact) mass is 183 g/mol. The second-order valence-corrected chi connectivity index (χ2v) is 3.44. The Morgan fingerprint density at radius 3 is 2.92 bits per heavy atom. The molecule has 5 heteroatoms. The number of fused-ring (bicyclic) bond motifs is 1. The summed E-state index contributed by atoms with van der Waals surface area (Å²) in [7, 11) is 0. The van der Waals surface area contributed by atoms with Crippen molar-refractivity contribution >= 4 is 0 Å². The van der Waals surface area contributed by atoms with Crippen LogP contribution in [0.2, 0.25) is 0 Å². The van der Waals surface area contributed by atoms with Crippen LogP contribution in [0.4, 0.5) is 0 Å². The second kappa shape index (κ2) is 2.99. The SMILES string of the molecule is CC(C)n1nc2n(c1=O)CCOC2. The molecule has 13 heavy (non-hydrogen) atoms. The third-order valence-electron chi connectivity index (χ3n) is 2.14. The van der Waals surface area contributed by atoms with Crippen molar-refractivity contribution in [3.8, 4) is 0 Å². The van der Waals surface area contributed by atoms with Gasteiger partial charge in [-0.2, -0.15) is 5.10 Å². The second-order valence-electron chi connectivity index (χ2n) is 3.44. The van der Waals surface area contributed by atoms with Crippen molar-refractivity contribution in [2.75, 3.05) is 6.61 Å². The molecule has 0 saturated heterocycles. The Labute approximate surface area is 75.9 Å². The van der Waals surface area contributed by atoms with Gasteiger partial charge in [0.1, 0.15) is 6.61 Å². The van der Waals surface area contributed by atoms with E-state index in [1.165, 1.54) is 4.68 Å². The van der Waals surface area contributed by atoms with E-state index >= 15 is 0 Å². The highest BCUT2D eigenvalue weighted by molar-refractivity contribution is 4.88. The first kappa shape index (κ1) is 8.50. The summed E-state index contributed by atoms with van der Waals surface area (Å²) in [5.74, 6) is 0.741. The van der Waals surface area contributed by atoms with Crippen LogP contribution in [0.1, 0.15) is 25.7 Å². The number of hydrogen-bond donors (Lipinski definition) is 0. The molecule has 0 atom stereocenters. The zero-order valence-corrected chi connectivity index (χ0v) is 7.86. The predicted molar refractivity (Wildman–Crippen MR) is 46.5 cm³/mol. The summed E-state index contributed by atoms with van der Waals surface area (Å²) < 4.78 is 8.40. The molecular weight excluding hydrogens is 170 g/mol. The van der Waals surface area contributed by atoms with Crippen LogP contribution in [0.15, 0.2) is 4.79 Å². The number of ether oxygens (including phenoxy) is 1. The summed E-state index contributed by atoms with van der Waals surface area (Å²) in [5.41, 5.74) is -0.0201. The molecule has 0 radical (unpaired) electrons. The van der Waals surface area contributed by atoms with E-state index in [9.17, 15) is 4.79 Å². The molecule has 0 bridgehead atoms. The van der Waals surface area contributed by atoms with E-state index in [2.05, 4.69) is 5.10 Å². The molecule has 0 spiro atoms. The van der Waals surface area contributed by atoms with Gasteiger partial charge in [0.25, 0.3) is 0 Å². The summed E-state index contributed by atoms with van der Waals surface area (Å²) in [6, 6.07) is 0.116. The molecule has 0 aliphatic carbocycles. The summed E-state index contributed by atoms with van der Waals surface area (Å²) in [5, 5.41) is 4.19. The van der Waals surface area contributed by atoms with Crippen LogP contribution < -0.4 is 5.69 Å². The normalized spacial score (nSPS) is 16.2. The lowest BCUT2D eigenvalue weighted by Gasteiger charge is -2.11. The lowest BCUT2D eigenvalue weighted by atomic mass is 10.4. The summed E-state index contributed by atoms with van der Waals surface area (Å²) in [6.07, 6.45) is 0. The average Bonchev–Trinajstić information content (AvgIpc) is 2.45. The largest absolute Gasteiger partial charge is 0.372 e. The Balaban J connectivity index is 2.51. The van der Waals surface area contributed by atoms with E-state index in [0.29, 0.717) is 19.8 Å². The van der Waals surface area contributed by atoms with Gasteiger partial charge in [-0.05, 0) is 13.8 Å². The molecule has 1 aliphatic rings. The van der Waals surface area contributed by atoms with Crippen LogP contribution in [0.25, 0.3) is 0 Å². The molecule has 2 rings (SSSR count). The topological polar surface area (TPSA) is 49.0 Å². The first-order chi connectivity index (χ1) is 6.20. The molecule has 0 N–H and O–H groups in total. The number of hydrogen-bond acceptors (Lipinski definition) is 3. The maximum atomic E-state index is 11.7. The van der Waals surface area contributed by atoms with Gasteiger partial charge in [0.05, 0.1) is 19.2 Å². The van der Waals surface area contributed by atoms with Crippen LogP contribution >= 0.6 is 0 Å². The highest BCUT2D eigenvalue weighted by Gasteiger charge is 2.17. The van der Waals surface area contributed by atoms with Crippen LogP contribution in [0.3, 0.4) is 0 Å². The van der Waals surface area contributed by atoms with Gasteiger partial charge in [0, 0.05) is 0 Å². The van der Waals surface area contributed by atoms with Gasteiger partial charge in [0.2, 0.25) is 0 Å². The fourth-order valence-corrected chi connectivity index (χ4v) is 1.44. The number of aromatic nitrogens is 3. The molecular formula is C8H13N3O2. The predicted octanol–water partition coefficient (Wildman–Crippen LogP) is 0.156. The third kappa shape index (κ3) is 1.29. The van der Waals surface area contributed by atoms with Gasteiger partial charge in [-0.3, -0.25) is 4.57 Å². The van der Waals surface area contributed by atoms with Crippen molar-refractivity contribution in [1.29, 1.82) is 0 Å². The first-order valence-corrected chi connectivity index (χ1v) is 4.46. The first-order valence-electron chi connectivity index (χ1n) is 4.46. The molecule has 0 fully saturated rings. The molecule has 1 aromatic rings. The lowest BCUT2D eigenvalue weighted by Crippen LogP contribution is -2.29. The zero-order chi connectivity index (χ0) is 9.42. The standard InChI is InChI=1S/C8H13N3O2/c1-6(2)11-8(12)10-3-4-13-5-7(10)9-11/h6H,3-5H2,1-2H3. The fraction of sp³-hybridized carbons (Fsp3) is 0.750. The van der Waals surface area contributed by atoms with Gasteiger partial charge < -0.3 is 4.74 Å². The highest BCUT2D eigenvalue weighted by atomic mass is 16.5. The highest BCUT2D eigenvalue weighted by Crippen LogP contribution is 2.05. The quantitative estimate of drug-likeness (QED) is 0.623. The maximum Gasteiger partial charge on any atom is 0.346 e. The van der Waals surface area contributed by atoms with Crippen molar-refractivity contribution in [2.24, 2.45) is 0 Å². The molecule has 1 aliphatic heterocycles. The van der Waals surface area contributed by atoms with Gasteiger partial charge in [0.15, 0.2) is 5.82 Å². The van der Waals surface area contributed by atoms with Crippen LogP contribution in [-0.2, 0) is 17.9 Å². The average molecular weight is 183 g/mol. The number of rotatable bonds is 1. The third-order valence-corrected chi connectivity index (χ3v) is 2.14. The smallest absolute Gasteiger partial charge is 0.346 e. The van der Waals surface area contributed by atoms with Gasteiger partial charge in [-0.15, -0.1) is 0 Å². The summed E-state index contributed by atoms with van der Waals surface area (Å²) >= 11 is 0. The van der Waals surface area contributed by atoms with E-state index < -0.39 is 0 Å². The molecule has 0 unspecified atom stereocenters. The minimum atomic E-state index is -0.0201. The summed E-state index contributed by atoms with van der Waals surface area (Å²) in [6.45, 7) is 5.58. The molecule has 1 aromatic heterocycles. The Morgan fingerprint density at radius 2 is 2.31 bits per heavy atom. The van der Waals surface area contributed by atoms with Crippen molar-refractivity contribution in [3.63, 3.8) is 0 Å². The van der Waals surface area contributed by atoms with E-state index in [-0.39, 0.29) is 11.7 Å². The number of nitrogens with zero attached hydrogens (tertiary/aromatic N) is 3. The van der Waals surface area contributed by atoms with E-state index in [0.717, 1.165) is 5.82 Å². The molecule has 0 aromatic carbocycles. The molecule has 2 heterocycles. The van der Waals surface area contributed by atoms with Crippen molar-refractivity contribution < 1.29 is 4.74 Å². The fourth-order valence-electron chi connectivity index (χ4n) is 1.44. The van der Waals surface area contributed by atoms with Crippen LogP contribution in [0.5, 0.6) is 0 Å². The zero-order valence-electron chi connectivity index (χ0n) is 7.86. The Morgan fingerprint density at radius 1 is 1.54 bits per heavy atom. The van der Waals surface area contributed by atoms with Crippen molar-refractivity contribution in [1.82, 2.24) is 14.3 Å². The Kier molecular flexibility index (Phi) is 1.95. The lowest BCUT2D eigenvalue weighted by molar-refractivity contribution is 0.0805. The van der Waals surface area contributed by atoms with E-state index in [1.807, 2.05) is 13.8 Å². The molecule has 0 saturated carbocycles. The van der Waals surface area contributed by atoms with E-state index in [1.54, 1.807) is 4.57 Å². The minimum absolute atomic E-state index is 0.0201. The Bertz CT molecular complexity index is 364. The Hall–Kier alpha value is -1.10.